The van der Waals surface area contributed by atoms with Gasteiger partial charge in [0, 0.05) is 11.8 Å². The quantitative estimate of drug-likeness (QED) is 0.890. The highest BCUT2D eigenvalue weighted by atomic mass is 16.5. The molecule has 1 N–H and O–H groups in total. The molecule has 0 amide bonds. The second-order valence-corrected chi connectivity index (χ2v) is 5.38. The van der Waals surface area contributed by atoms with Crippen LogP contribution in [-0.4, -0.2) is 17.2 Å². The van der Waals surface area contributed by atoms with Gasteiger partial charge < -0.3 is 9.84 Å². The number of methoxy groups -OCH3 is 1. The molecule has 18 heavy (non-hydrogen) atoms. The van der Waals surface area contributed by atoms with Crippen LogP contribution in [0.15, 0.2) is 18.5 Å². The molecule has 0 aromatic carbocycles. The summed E-state index contributed by atoms with van der Waals surface area (Å²) in [5, 5.41) is 10.8. The lowest BCUT2D eigenvalue weighted by Gasteiger charge is -2.36. The summed E-state index contributed by atoms with van der Waals surface area (Å²) in [6.07, 6.45) is 9.87. The lowest BCUT2D eigenvalue weighted by atomic mass is 9.74. The van der Waals surface area contributed by atoms with Crippen molar-refractivity contribution in [3.63, 3.8) is 0 Å². The average molecular weight is 249 g/mol. The van der Waals surface area contributed by atoms with Crippen LogP contribution >= 0.6 is 0 Å². The van der Waals surface area contributed by atoms with Crippen molar-refractivity contribution in [3.05, 3.63) is 24.0 Å². The molecule has 1 aliphatic rings. The second-order valence-electron chi connectivity index (χ2n) is 5.38. The van der Waals surface area contributed by atoms with E-state index in [0.717, 1.165) is 42.9 Å². The molecule has 0 aliphatic heterocycles. The molecule has 1 saturated carbocycles. The molecular weight excluding hydrogens is 226 g/mol. The first-order chi connectivity index (χ1) is 8.68. The normalized spacial score (nSPS) is 28.1. The third-order valence-corrected chi connectivity index (χ3v) is 4.12. The molecule has 3 nitrogen and oxygen atoms in total. The third kappa shape index (κ3) is 2.83. The van der Waals surface area contributed by atoms with Gasteiger partial charge in [-0.3, -0.25) is 4.98 Å². The average Bonchev–Trinajstić information content (AvgIpc) is 2.42. The molecular formula is C15H23NO2. The van der Waals surface area contributed by atoms with Crippen molar-refractivity contribution in [2.75, 3.05) is 7.11 Å². The summed E-state index contributed by atoms with van der Waals surface area (Å²) in [7, 11) is 1.63. The summed E-state index contributed by atoms with van der Waals surface area (Å²) in [6, 6.07) is 1.91. The van der Waals surface area contributed by atoms with Crippen molar-refractivity contribution in [2.45, 2.75) is 51.0 Å². The number of hydrogen-bond acceptors (Lipinski definition) is 3. The van der Waals surface area contributed by atoms with Crippen LogP contribution in [0, 0.1) is 5.92 Å². The lowest BCUT2D eigenvalue weighted by molar-refractivity contribution is -0.0156. The van der Waals surface area contributed by atoms with E-state index in [4.69, 9.17) is 4.74 Å². The Morgan fingerprint density at radius 1 is 1.39 bits per heavy atom. The molecule has 0 radical (unpaired) electrons. The summed E-state index contributed by atoms with van der Waals surface area (Å²) in [5.74, 6) is 1.51. The van der Waals surface area contributed by atoms with E-state index in [1.807, 2.05) is 6.07 Å². The van der Waals surface area contributed by atoms with Crippen LogP contribution in [0.1, 0.15) is 51.0 Å². The molecule has 0 atom stereocenters. The third-order valence-electron chi connectivity index (χ3n) is 4.12. The van der Waals surface area contributed by atoms with Crippen molar-refractivity contribution < 1.29 is 9.84 Å². The van der Waals surface area contributed by atoms with E-state index >= 15 is 0 Å². The maximum absolute atomic E-state index is 10.8. The van der Waals surface area contributed by atoms with Crippen LogP contribution in [0.5, 0.6) is 5.75 Å². The lowest BCUT2D eigenvalue weighted by Crippen LogP contribution is -2.31. The fourth-order valence-electron chi connectivity index (χ4n) is 2.93. The van der Waals surface area contributed by atoms with Gasteiger partial charge >= 0.3 is 0 Å². The van der Waals surface area contributed by atoms with Gasteiger partial charge in [-0.1, -0.05) is 19.8 Å². The molecule has 1 aromatic heterocycles. The number of hydrogen-bond donors (Lipinski definition) is 1. The molecule has 1 fully saturated rings. The van der Waals surface area contributed by atoms with Crippen molar-refractivity contribution in [1.29, 1.82) is 0 Å². The molecule has 100 valence electrons. The number of nitrogens with zero attached hydrogens (tertiary/aromatic N) is 1. The number of ether oxygens (including phenoxy) is 1. The molecule has 2 rings (SSSR count). The Morgan fingerprint density at radius 3 is 2.72 bits per heavy atom. The number of rotatable bonds is 4. The maximum Gasteiger partial charge on any atom is 0.137 e. The Hall–Kier alpha value is -1.09. The summed E-state index contributed by atoms with van der Waals surface area (Å²) < 4.78 is 5.18. The van der Waals surface area contributed by atoms with Crippen LogP contribution < -0.4 is 4.74 Å². The van der Waals surface area contributed by atoms with E-state index in [0.29, 0.717) is 0 Å². The fraction of sp³-hybridized carbons (Fsp3) is 0.667. The van der Waals surface area contributed by atoms with E-state index in [-0.39, 0.29) is 0 Å². The van der Waals surface area contributed by atoms with Gasteiger partial charge in [0.1, 0.15) is 5.75 Å². The van der Waals surface area contributed by atoms with Gasteiger partial charge in [0.2, 0.25) is 0 Å². The first-order valence-corrected chi connectivity index (χ1v) is 6.90. The Bertz CT molecular complexity index is 384. The SMILES string of the molecule is CCCC1CCC(O)(c2cncc(OC)c2)CC1. The molecule has 3 heteroatoms. The molecule has 1 aromatic rings. The van der Waals surface area contributed by atoms with Crippen LogP contribution in [0.3, 0.4) is 0 Å². The van der Waals surface area contributed by atoms with E-state index in [1.54, 1.807) is 19.5 Å². The predicted octanol–water partition coefficient (Wildman–Crippen LogP) is 3.27. The van der Waals surface area contributed by atoms with Gasteiger partial charge in [-0.15, -0.1) is 0 Å². The van der Waals surface area contributed by atoms with Gasteiger partial charge in [0.05, 0.1) is 18.9 Å². The highest BCUT2D eigenvalue weighted by Crippen LogP contribution is 2.41. The topological polar surface area (TPSA) is 42.4 Å². The Labute approximate surface area is 109 Å². The van der Waals surface area contributed by atoms with Crippen molar-refractivity contribution in [2.24, 2.45) is 5.92 Å². The van der Waals surface area contributed by atoms with Gasteiger partial charge in [-0.05, 0) is 37.7 Å². The summed E-state index contributed by atoms with van der Waals surface area (Å²) in [6.45, 7) is 2.23. The van der Waals surface area contributed by atoms with Crippen LogP contribution in [0.2, 0.25) is 0 Å². The van der Waals surface area contributed by atoms with E-state index in [2.05, 4.69) is 11.9 Å². The highest BCUT2D eigenvalue weighted by molar-refractivity contribution is 5.28. The first-order valence-electron chi connectivity index (χ1n) is 6.90. The Balaban J connectivity index is 2.08. The second kappa shape index (κ2) is 5.70. The van der Waals surface area contributed by atoms with E-state index in [9.17, 15) is 5.11 Å². The van der Waals surface area contributed by atoms with Crippen LogP contribution in [0.25, 0.3) is 0 Å². The summed E-state index contributed by atoms with van der Waals surface area (Å²) in [5.41, 5.74) is 0.197. The van der Waals surface area contributed by atoms with Gasteiger partial charge in [0.15, 0.2) is 0 Å². The molecule has 0 spiro atoms. The standard InChI is InChI=1S/C15H23NO2/c1-3-4-12-5-7-15(17,8-6-12)13-9-14(18-2)11-16-10-13/h9-12,17H,3-8H2,1-2H3. The molecule has 1 heterocycles. The predicted molar refractivity (Wildman–Crippen MR) is 71.6 cm³/mol. The maximum atomic E-state index is 10.8. The minimum Gasteiger partial charge on any atom is -0.495 e. The van der Waals surface area contributed by atoms with Gasteiger partial charge in [-0.25, -0.2) is 0 Å². The van der Waals surface area contributed by atoms with Gasteiger partial charge in [-0.2, -0.15) is 0 Å². The van der Waals surface area contributed by atoms with Crippen LogP contribution in [0.4, 0.5) is 0 Å². The molecule has 1 aliphatic carbocycles. The number of aromatic nitrogens is 1. The van der Waals surface area contributed by atoms with E-state index in [1.165, 1.54) is 12.8 Å². The number of pyridine rings is 1. The van der Waals surface area contributed by atoms with Crippen molar-refractivity contribution in [3.8, 4) is 5.75 Å². The highest BCUT2D eigenvalue weighted by Gasteiger charge is 2.34. The molecule has 0 saturated heterocycles. The summed E-state index contributed by atoms with van der Waals surface area (Å²) in [4.78, 5) is 4.15. The van der Waals surface area contributed by atoms with Crippen LogP contribution in [-0.2, 0) is 5.60 Å². The van der Waals surface area contributed by atoms with E-state index < -0.39 is 5.60 Å². The Morgan fingerprint density at radius 2 is 2.11 bits per heavy atom. The zero-order valence-electron chi connectivity index (χ0n) is 11.4. The van der Waals surface area contributed by atoms with Crippen molar-refractivity contribution in [1.82, 2.24) is 4.98 Å². The minimum absolute atomic E-state index is 0.703. The minimum atomic E-state index is -0.703. The largest absolute Gasteiger partial charge is 0.495 e. The monoisotopic (exact) mass is 249 g/mol. The first kappa shape index (κ1) is 13.3. The Kier molecular flexibility index (Phi) is 4.23. The molecule has 0 bridgehead atoms. The smallest absolute Gasteiger partial charge is 0.137 e. The summed E-state index contributed by atoms with van der Waals surface area (Å²) >= 11 is 0. The fourth-order valence-corrected chi connectivity index (χ4v) is 2.93. The number of aliphatic hydroxyl groups is 1. The zero-order valence-corrected chi connectivity index (χ0v) is 11.4. The zero-order chi connectivity index (χ0) is 13.0. The van der Waals surface area contributed by atoms with Gasteiger partial charge in [0.25, 0.3) is 0 Å². The van der Waals surface area contributed by atoms with Crippen molar-refractivity contribution >= 4 is 0 Å². The molecule has 0 unspecified atom stereocenters.